The number of nitrogens with zero attached hydrogens (tertiary/aromatic N) is 2. The van der Waals surface area contributed by atoms with Crippen molar-refractivity contribution in [3.8, 4) is 0 Å². The Labute approximate surface area is 126 Å². The summed E-state index contributed by atoms with van der Waals surface area (Å²) in [5.74, 6) is 0.265. The first-order valence-corrected chi connectivity index (χ1v) is 7.89. The van der Waals surface area contributed by atoms with Gasteiger partial charge in [-0.1, -0.05) is 13.8 Å². The van der Waals surface area contributed by atoms with Gasteiger partial charge in [0.15, 0.2) is 11.6 Å². The van der Waals surface area contributed by atoms with E-state index >= 15 is 0 Å². The fraction of sp³-hybridized carbons (Fsp3) is 0.688. The van der Waals surface area contributed by atoms with Crippen LogP contribution in [0.2, 0.25) is 0 Å². The van der Waals surface area contributed by atoms with Gasteiger partial charge in [0, 0.05) is 24.8 Å². The molecule has 0 saturated carbocycles. The molecule has 2 rings (SSSR count). The lowest BCUT2D eigenvalue weighted by molar-refractivity contribution is 0.0293. The first-order valence-electron chi connectivity index (χ1n) is 7.89. The van der Waals surface area contributed by atoms with Crippen LogP contribution in [0.4, 0.5) is 10.2 Å². The largest absolute Gasteiger partial charge is 0.375 e. The summed E-state index contributed by atoms with van der Waals surface area (Å²) in [6.45, 7) is 8.98. The molecule has 0 spiro atoms. The Balaban J connectivity index is 2.19. The van der Waals surface area contributed by atoms with Crippen LogP contribution < -0.4 is 10.2 Å². The Morgan fingerprint density at radius 3 is 3.00 bits per heavy atom. The van der Waals surface area contributed by atoms with Crippen LogP contribution in [0.15, 0.2) is 12.3 Å². The average molecular weight is 295 g/mol. The zero-order valence-corrected chi connectivity index (χ0v) is 13.2. The molecule has 1 aromatic rings. The van der Waals surface area contributed by atoms with Gasteiger partial charge < -0.3 is 15.0 Å². The SMILES string of the molecule is CCCNCc1ccnc(N2CC(C)OCC2CC)c1F. The summed E-state index contributed by atoms with van der Waals surface area (Å²) < 4.78 is 20.4. The van der Waals surface area contributed by atoms with Crippen LogP contribution in [0, 0.1) is 5.82 Å². The lowest BCUT2D eigenvalue weighted by Crippen LogP contribution is -2.49. The molecule has 21 heavy (non-hydrogen) atoms. The molecule has 1 N–H and O–H groups in total. The molecule has 0 radical (unpaired) electrons. The first kappa shape index (κ1) is 16.2. The van der Waals surface area contributed by atoms with Crippen LogP contribution in [0.3, 0.4) is 0 Å². The van der Waals surface area contributed by atoms with Gasteiger partial charge in [0.2, 0.25) is 0 Å². The Morgan fingerprint density at radius 1 is 1.48 bits per heavy atom. The summed E-state index contributed by atoms with van der Waals surface area (Å²) in [6.07, 6.45) is 3.77. The Bertz CT molecular complexity index is 455. The maximum atomic E-state index is 14.7. The maximum Gasteiger partial charge on any atom is 0.170 e. The molecule has 2 unspecified atom stereocenters. The normalized spacial score (nSPS) is 22.6. The van der Waals surface area contributed by atoms with Crippen molar-refractivity contribution in [3.05, 3.63) is 23.6 Å². The van der Waals surface area contributed by atoms with Crippen molar-refractivity contribution in [2.24, 2.45) is 0 Å². The van der Waals surface area contributed by atoms with Gasteiger partial charge in [-0.15, -0.1) is 0 Å². The van der Waals surface area contributed by atoms with Crippen LogP contribution >= 0.6 is 0 Å². The lowest BCUT2D eigenvalue weighted by atomic mass is 10.1. The van der Waals surface area contributed by atoms with Crippen LogP contribution in [-0.2, 0) is 11.3 Å². The quantitative estimate of drug-likeness (QED) is 0.819. The highest BCUT2D eigenvalue weighted by Crippen LogP contribution is 2.25. The summed E-state index contributed by atoms with van der Waals surface area (Å²) in [6, 6.07) is 1.95. The molecule has 0 aliphatic carbocycles. The van der Waals surface area contributed by atoms with Gasteiger partial charge in [0.25, 0.3) is 0 Å². The second-order valence-corrected chi connectivity index (χ2v) is 5.64. The van der Waals surface area contributed by atoms with Gasteiger partial charge in [-0.05, 0) is 32.4 Å². The molecular weight excluding hydrogens is 269 g/mol. The van der Waals surface area contributed by atoms with Gasteiger partial charge in [0.05, 0.1) is 18.8 Å². The number of aromatic nitrogens is 1. The molecule has 4 nitrogen and oxygen atoms in total. The van der Waals surface area contributed by atoms with E-state index in [-0.39, 0.29) is 18.0 Å². The standard InChI is InChI=1S/C16H26FN3O/c1-4-7-18-9-13-6-8-19-16(15(13)17)20-10-12(3)21-11-14(20)5-2/h6,8,12,14,18H,4-5,7,9-11H2,1-3H3. The van der Waals surface area contributed by atoms with Gasteiger partial charge in [-0.3, -0.25) is 0 Å². The van der Waals surface area contributed by atoms with E-state index in [2.05, 4.69) is 29.0 Å². The third-order valence-electron chi connectivity index (χ3n) is 3.90. The number of anilines is 1. The molecule has 2 atom stereocenters. The highest BCUT2D eigenvalue weighted by Gasteiger charge is 2.29. The minimum atomic E-state index is -0.200. The number of halogens is 1. The molecule has 1 saturated heterocycles. The van der Waals surface area contributed by atoms with Crippen LogP contribution in [0.1, 0.15) is 39.2 Å². The molecule has 5 heteroatoms. The number of ether oxygens (including phenoxy) is 1. The molecule has 0 aromatic carbocycles. The Hall–Kier alpha value is -1.20. The molecule has 118 valence electrons. The van der Waals surface area contributed by atoms with Gasteiger partial charge in [-0.25, -0.2) is 9.37 Å². The smallest absolute Gasteiger partial charge is 0.170 e. The van der Waals surface area contributed by atoms with E-state index in [1.807, 2.05) is 6.92 Å². The monoisotopic (exact) mass is 295 g/mol. The molecule has 1 aliphatic rings. The lowest BCUT2D eigenvalue weighted by Gasteiger charge is -2.39. The summed E-state index contributed by atoms with van der Waals surface area (Å²) in [4.78, 5) is 6.35. The molecular formula is C16H26FN3O. The van der Waals surface area contributed by atoms with Crippen LogP contribution in [0.5, 0.6) is 0 Å². The number of morpholine rings is 1. The topological polar surface area (TPSA) is 37.4 Å². The van der Waals surface area contributed by atoms with E-state index in [0.717, 1.165) is 19.4 Å². The summed E-state index contributed by atoms with van der Waals surface area (Å²) in [5.41, 5.74) is 0.683. The van der Waals surface area contributed by atoms with E-state index in [4.69, 9.17) is 4.74 Å². The number of pyridine rings is 1. The van der Waals surface area contributed by atoms with Crippen molar-refractivity contribution in [1.29, 1.82) is 0 Å². The molecule has 1 aromatic heterocycles. The summed E-state index contributed by atoms with van der Waals surface area (Å²) in [7, 11) is 0. The molecule has 1 fully saturated rings. The molecule has 2 heterocycles. The zero-order chi connectivity index (χ0) is 15.2. The van der Waals surface area contributed by atoms with Crippen LogP contribution in [-0.4, -0.2) is 36.8 Å². The van der Waals surface area contributed by atoms with Crippen molar-refractivity contribution >= 4 is 5.82 Å². The molecule has 0 bridgehead atoms. The van der Waals surface area contributed by atoms with Gasteiger partial charge in [0.1, 0.15) is 0 Å². The molecule has 0 amide bonds. The van der Waals surface area contributed by atoms with Crippen molar-refractivity contribution in [2.45, 2.75) is 52.3 Å². The van der Waals surface area contributed by atoms with Gasteiger partial charge in [-0.2, -0.15) is 0 Å². The maximum absolute atomic E-state index is 14.7. The fourth-order valence-corrected chi connectivity index (χ4v) is 2.65. The van der Waals surface area contributed by atoms with E-state index in [9.17, 15) is 4.39 Å². The van der Waals surface area contributed by atoms with Crippen molar-refractivity contribution in [1.82, 2.24) is 10.3 Å². The average Bonchev–Trinajstić information content (AvgIpc) is 2.49. The predicted molar refractivity (Wildman–Crippen MR) is 83.0 cm³/mol. The third kappa shape index (κ3) is 3.92. The minimum Gasteiger partial charge on any atom is -0.375 e. The van der Waals surface area contributed by atoms with E-state index in [0.29, 0.717) is 31.1 Å². The Kier molecular flexibility index (Phi) is 5.94. The number of nitrogens with one attached hydrogen (secondary N) is 1. The third-order valence-corrected chi connectivity index (χ3v) is 3.90. The number of hydrogen-bond acceptors (Lipinski definition) is 4. The van der Waals surface area contributed by atoms with Crippen molar-refractivity contribution in [2.75, 3.05) is 24.6 Å². The Morgan fingerprint density at radius 2 is 2.29 bits per heavy atom. The van der Waals surface area contributed by atoms with Crippen molar-refractivity contribution in [3.63, 3.8) is 0 Å². The number of hydrogen-bond donors (Lipinski definition) is 1. The highest BCUT2D eigenvalue weighted by molar-refractivity contribution is 5.45. The fourth-order valence-electron chi connectivity index (χ4n) is 2.65. The summed E-state index contributed by atoms with van der Waals surface area (Å²) >= 11 is 0. The van der Waals surface area contributed by atoms with Crippen LogP contribution in [0.25, 0.3) is 0 Å². The molecule has 1 aliphatic heterocycles. The number of rotatable bonds is 6. The summed E-state index contributed by atoms with van der Waals surface area (Å²) in [5, 5.41) is 3.25. The second-order valence-electron chi connectivity index (χ2n) is 5.64. The second kappa shape index (κ2) is 7.71. The van der Waals surface area contributed by atoms with Gasteiger partial charge >= 0.3 is 0 Å². The zero-order valence-electron chi connectivity index (χ0n) is 13.2. The first-order chi connectivity index (χ1) is 10.2. The highest BCUT2D eigenvalue weighted by atomic mass is 19.1. The van der Waals surface area contributed by atoms with Crippen molar-refractivity contribution < 1.29 is 9.13 Å². The van der Waals surface area contributed by atoms with E-state index in [1.54, 1.807) is 12.3 Å². The minimum absolute atomic E-state index is 0.107. The van der Waals surface area contributed by atoms with E-state index in [1.165, 1.54) is 0 Å². The van der Waals surface area contributed by atoms with E-state index < -0.39 is 0 Å². The predicted octanol–water partition coefficient (Wildman–Crippen LogP) is 2.72.